The third kappa shape index (κ3) is 4.60. The van der Waals surface area contributed by atoms with Crippen molar-refractivity contribution in [3.8, 4) is 0 Å². The number of ether oxygens (including phenoxy) is 1. The quantitative estimate of drug-likeness (QED) is 0.817. The number of likely N-dealkylation sites (N-methyl/N-ethyl adjacent to an activating group) is 2. The van der Waals surface area contributed by atoms with Gasteiger partial charge in [-0.25, -0.2) is 0 Å². The smallest absolute Gasteiger partial charge is 0.239 e. The van der Waals surface area contributed by atoms with Gasteiger partial charge in [0.2, 0.25) is 5.91 Å². The molecule has 0 saturated carbocycles. The van der Waals surface area contributed by atoms with Crippen molar-refractivity contribution in [1.82, 2.24) is 14.7 Å². The second kappa shape index (κ2) is 7.85. The van der Waals surface area contributed by atoms with E-state index in [0.29, 0.717) is 12.2 Å². The highest BCUT2D eigenvalue weighted by atomic mass is 16.5. The van der Waals surface area contributed by atoms with Gasteiger partial charge in [0.25, 0.3) is 0 Å². The van der Waals surface area contributed by atoms with Crippen LogP contribution in [0, 0.1) is 0 Å². The van der Waals surface area contributed by atoms with Crippen molar-refractivity contribution in [2.45, 2.75) is 51.6 Å². The average Bonchev–Trinajstić information content (AvgIpc) is 2.88. The number of rotatable bonds is 5. The molecule has 2 aliphatic heterocycles. The Morgan fingerprint density at radius 2 is 1.72 bits per heavy atom. The minimum Gasteiger partial charge on any atom is -0.373 e. The molecule has 2 aliphatic rings. The summed E-state index contributed by atoms with van der Waals surface area (Å²) < 4.78 is 5.80. The Morgan fingerprint density at radius 1 is 1.12 bits per heavy atom. The molecule has 1 aromatic carbocycles. The number of hydrogen-bond donors (Lipinski definition) is 0. The van der Waals surface area contributed by atoms with E-state index in [1.807, 2.05) is 19.0 Å². The van der Waals surface area contributed by atoms with Gasteiger partial charge in [-0.1, -0.05) is 24.3 Å². The summed E-state index contributed by atoms with van der Waals surface area (Å²) in [5, 5.41) is 0. The molecule has 0 radical (unpaired) electrons. The summed E-state index contributed by atoms with van der Waals surface area (Å²) in [6.07, 6.45) is 1.54. The van der Waals surface area contributed by atoms with Gasteiger partial charge in [-0.2, -0.15) is 0 Å². The van der Waals surface area contributed by atoms with Gasteiger partial charge in [-0.15, -0.1) is 0 Å². The molecular formula is C20H31N3O2. The fourth-order valence-electron chi connectivity index (χ4n) is 4.03. The van der Waals surface area contributed by atoms with Crippen LogP contribution < -0.4 is 0 Å². The van der Waals surface area contributed by atoms with E-state index in [1.54, 1.807) is 0 Å². The van der Waals surface area contributed by atoms with Crippen molar-refractivity contribution in [2.24, 2.45) is 0 Å². The Labute approximate surface area is 151 Å². The first-order valence-electron chi connectivity index (χ1n) is 9.33. The van der Waals surface area contributed by atoms with Crippen LogP contribution in [0.2, 0.25) is 0 Å². The van der Waals surface area contributed by atoms with Crippen LogP contribution in [0.25, 0.3) is 0 Å². The topological polar surface area (TPSA) is 36.0 Å². The molecule has 2 fully saturated rings. The predicted octanol–water partition coefficient (Wildman–Crippen LogP) is 1.96. The van der Waals surface area contributed by atoms with Gasteiger partial charge in [-0.3, -0.25) is 14.6 Å². The molecule has 1 aromatic rings. The number of amides is 1. The van der Waals surface area contributed by atoms with Crippen molar-refractivity contribution in [3.05, 3.63) is 35.4 Å². The second-order valence-corrected chi connectivity index (χ2v) is 7.75. The number of carbonyl (C=O) groups is 1. The molecule has 5 heteroatoms. The van der Waals surface area contributed by atoms with E-state index in [1.165, 1.54) is 11.1 Å². The van der Waals surface area contributed by atoms with E-state index in [0.717, 1.165) is 39.1 Å². The number of benzene rings is 1. The van der Waals surface area contributed by atoms with Gasteiger partial charge in [0, 0.05) is 39.8 Å². The molecule has 0 bridgehead atoms. The molecule has 1 unspecified atom stereocenters. The summed E-state index contributed by atoms with van der Waals surface area (Å²) in [4.78, 5) is 18.6. The summed E-state index contributed by atoms with van der Waals surface area (Å²) in [5.74, 6) is 0.245. The van der Waals surface area contributed by atoms with Crippen LogP contribution in [-0.2, 0) is 22.6 Å². The lowest BCUT2D eigenvalue weighted by atomic mass is 10.1. The molecule has 0 spiro atoms. The number of hydrogen-bond acceptors (Lipinski definition) is 4. The van der Waals surface area contributed by atoms with Gasteiger partial charge in [0.15, 0.2) is 0 Å². The molecule has 25 heavy (non-hydrogen) atoms. The molecule has 0 aliphatic carbocycles. The Kier molecular flexibility index (Phi) is 5.77. The molecule has 1 amide bonds. The summed E-state index contributed by atoms with van der Waals surface area (Å²) in [6, 6.07) is 8.86. The molecule has 2 heterocycles. The van der Waals surface area contributed by atoms with Gasteiger partial charge < -0.3 is 9.64 Å². The summed E-state index contributed by atoms with van der Waals surface area (Å²) in [6.45, 7) is 8.92. The van der Waals surface area contributed by atoms with Crippen molar-refractivity contribution in [3.63, 3.8) is 0 Å². The standard InChI is InChI=1S/C20H31N3O2/c1-15-11-23(12-16(2)25-15)14-18-7-5-17(6-8-18)13-22(4)19-9-10-21(3)20(19)24/h5-8,15-16,19H,9-14H2,1-4H3/t15-,16+,19?. The molecular weight excluding hydrogens is 314 g/mol. The van der Waals surface area contributed by atoms with Crippen LogP contribution in [0.1, 0.15) is 31.4 Å². The molecule has 2 saturated heterocycles. The lowest BCUT2D eigenvalue weighted by Gasteiger charge is -2.35. The lowest BCUT2D eigenvalue weighted by molar-refractivity contribution is -0.130. The van der Waals surface area contributed by atoms with Crippen LogP contribution >= 0.6 is 0 Å². The first kappa shape index (κ1) is 18.4. The van der Waals surface area contributed by atoms with Crippen LogP contribution in [0.4, 0.5) is 0 Å². The van der Waals surface area contributed by atoms with Crippen LogP contribution in [0.15, 0.2) is 24.3 Å². The average molecular weight is 345 g/mol. The van der Waals surface area contributed by atoms with Gasteiger partial charge in [0.1, 0.15) is 0 Å². The minimum absolute atomic E-state index is 0.0287. The van der Waals surface area contributed by atoms with Crippen molar-refractivity contribution < 1.29 is 9.53 Å². The highest BCUT2D eigenvalue weighted by molar-refractivity contribution is 5.83. The molecule has 138 valence electrons. The van der Waals surface area contributed by atoms with E-state index in [4.69, 9.17) is 4.74 Å². The molecule has 3 rings (SSSR count). The van der Waals surface area contributed by atoms with Crippen LogP contribution in [0.3, 0.4) is 0 Å². The zero-order chi connectivity index (χ0) is 18.0. The van der Waals surface area contributed by atoms with E-state index < -0.39 is 0 Å². The van der Waals surface area contributed by atoms with Crippen molar-refractivity contribution >= 4 is 5.91 Å². The first-order valence-corrected chi connectivity index (χ1v) is 9.33. The van der Waals surface area contributed by atoms with Crippen molar-refractivity contribution in [2.75, 3.05) is 33.7 Å². The maximum absolute atomic E-state index is 12.1. The Balaban J connectivity index is 1.54. The van der Waals surface area contributed by atoms with E-state index in [-0.39, 0.29) is 11.9 Å². The summed E-state index contributed by atoms with van der Waals surface area (Å²) in [5.41, 5.74) is 2.60. The second-order valence-electron chi connectivity index (χ2n) is 7.75. The van der Waals surface area contributed by atoms with Crippen LogP contribution in [0.5, 0.6) is 0 Å². The maximum Gasteiger partial charge on any atom is 0.239 e. The molecule has 0 N–H and O–H groups in total. The number of morpholine rings is 1. The van der Waals surface area contributed by atoms with E-state index in [9.17, 15) is 4.79 Å². The first-order chi connectivity index (χ1) is 11.9. The normalized spacial score (nSPS) is 28.1. The van der Waals surface area contributed by atoms with Gasteiger partial charge in [0.05, 0.1) is 18.2 Å². The Morgan fingerprint density at radius 3 is 2.28 bits per heavy atom. The van der Waals surface area contributed by atoms with E-state index >= 15 is 0 Å². The monoisotopic (exact) mass is 345 g/mol. The molecule has 0 aromatic heterocycles. The van der Waals surface area contributed by atoms with Gasteiger partial charge in [-0.05, 0) is 38.4 Å². The van der Waals surface area contributed by atoms with Crippen molar-refractivity contribution in [1.29, 1.82) is 0 Å². The molecule has 5 nitrogen and oxygen atoms in total. The SMILES string of the molecule is C[C@@H]1CN(Cc2ccc(CN(C)C3CCN(C)C3=O)cc2)C[C@H](C)O1. The maximum atomic E-state index is 12.1. The zero-order valence-electron chi connectivity index (χ0n) is 15.9. The summed E-state index contributed by atoms with van der Waals surface area (Å²) >= 11 is 0. The fraction of sp³-hybridized carbons (Fsp3) is 0.650. The highest BCUT2D eigenvalue weighted by Crippen LogP contribution is 2.18. The third-order valence-corrected chi connectivity index (χ3v) is 5.29. The summed E-state index contributed by atoms with van der Waals surface area (Å²) in [7, 11) is 3.93. The van der Waals surface area contributed by atoms with Gasteiger partial charge >= 0.3 is 0 Å². The number of nitrogens with zero attached hydrogens (tertiary/aromatic N) is 3. The minimum atomic E-state index is 0.0287. The number of likely N-dealkylation sites (tertiary alicyclic amines) is 1. The zero-order valence-corrected chi connectivity index (χ0v) is 15.9. The molecule has 3 atom stereocenters. The predicted molar refractivity (Wildman–Crippen MR) is 99.2 cm³/mol. The highest BCUT2D eigenvalue weighted by Gasteiger charge is 2.32. The Bertz CT molecular complexity index is 579. The fourth-order valence-corrected chi connectivity index (χ4v) is 4.03. The number of carbonyl (C=O) groups excluding carboxylic acids is 1. The van der Waals surface area contributed by atoms with E-state index in [2.05, 4.69) is 47.9 Å². The lowest BCUT2D eigenvalue weighted by Crippen LogP contribution is -2.44. The third-order valence-electron chi connectivity index (χ3n) is 5.29. The van der Waals surface area contributed by atoms with Crippen LogP contribution in [-0.4, -0.2) is 72.6 Å². The Hall–Kier alpha value is -1.43. The largest absolute Gasteiger partial charge is 0.373 e.